The molecule has 1 saturated heterocycles. The molecule has 1 rings (SSSR count). The summed E-state index contributed by atoms with van der Waals surface area (Å²) in [6.07, 6.45) is 6.66. The van der Waals surface area contributed by atoms with Crippen molar-refractivity contribution in [3.05, 3.63) is 0 Å². The summed E-state index contributed by atoms with van der Waals surface area (Å²) < 4.78 is 0. The first-order valence-electron chi connectivity index (χ1n) is 7.11. The molecule has 2 heteroatoms. The average Bonchev–Trinajstić information content (AvgIpc) is 2.28. The third-order valence-electron chi connectivity index (χ3n) is 4.00. The van der Waals surface area contributed by atoms with E-state index in [4.69, 9.17) is 0 Å². The zero-order valence-electron chi connectivity index (χ0n) is 11.6. The van der Waals surface area contributed by atoms with Crippen LogP contribution < -0.4 is 5.32 Å². The third kappa shape index (κ3) is 4.42. The van der Waals surface area contributed by atoms with Crippen LogP contribution in [0.25, 0.3) is 0 Å². The number of nitrogens with zero attached hydrogens (tertiary/aromatic N) is 1. The van der Waals surface area contributed by atoms with Crippen molar-refractivity contribution in [1.82, 2.24) is 10.2 Å². The van der Waals surface area contributed by atoms with Gasteiger partial charge in [-0.2, -0.15) is 0 Å². The Morgan fingerprint density at radius 1 is 1.38 bits per heavy atom. The summed E-state index contributed by atoms with van der Waals surface area (Å²) in [6.45, 7) is 9.52. The first-order valence-corrected chi connectivity index (χ1v) is 7.11. The Hall–Kier alpha value is -0.0800. The van der Waals surface area contributed by atoms with Gasteiger partial charge in [-0.25, -0.2) is 0 Å². The molecule has 0 bridgehead atoms. The molecule has 0 aromatic heterocycles. The molecule has 16 heavy (non-hydrogen) atoms. The first-order chi connectivity index (χ1) is 7.67. The van der Waals surface area contributed by atoms with E-state index >= 15 is 0 Å². The Morgan fingerprint density at radius 2 is 2.12 bits per heavy atom. The highest BCUT2D eigenvalue weighted by Crippen LogP contribution is 2.19. The summed E-state index contributed by atoms with van der Waals surface area (Å²) in [4.78, 5) is 2.48. The standard InChI is InChI=1S/C14H30N2/c1-5-8-14(6-2)15-12(3)13-9-7-10-16(4)11-13/h12-15H,5-11H2,1-4H3. The fourth-order valence-electron chi connectivity index (χ4n) is 2.88. The summed E-state index contributed by atoms with van der Waals surface area (Å²) in [6, 6.07) is 1.41. The summed E-state index contributed by atoms with van der Waals surface area (Å²) in [7, 11) is 2.25. The number of nitrogens with one attached hydrogen (secondary N) is 1. The molecular formula is C14H30N2. The molecule has 1 aliphatic heterocycles. The van der Waals surface area contributed by atoms with Crippen LogP contribution in [-0.2, 0) is 0 Å². The van der Waals surface area contributed by atoms with Gasteiger partial charge in [-0.1, -0.05) is 20.3 Å². The van der Waals surface area contributed by atoms with Crippen LogP contribution in [0, 0.1) is 5.92 Å². The minimum atomic E-state index is 0.680. The average molecular weight is 226 g/mol. The lowest BCUT2D eigenvalue weighted by atomic mass is 9.91. The van der Waals surface area contributed by atoms with Crippen LogP contribution in [0.15, 0.2) is 0 Å². The lowest BCUT2D eigenvalue weighted by Gasteiger charge is -2.35. The van der Waals surface area contributed by atoms with Gasteiger partial charge < -0.3 is 10.2 Å². The van der Waals surface area contributed by atoms with Crippen LogP contribution in [0.5, 0.6) is 0 Å². The Balaban J connectivity index is 2.34. The summed E-state index contributed by atoms with van der Waals surface area (Å²) in [5, 5.41) is 3.83. The Bertz CT molecular complexity index is 182. The second-order valence-corrected chi connectivity index (χ2v) is 5.51. The largest absolute Gasteiger partial charge is 0.311 e. The van der Waals surface area contributed by atoms with Gasteiger partial charge in [0, 0.05) is 18.6 Å². The maximum Gasteiger partial charge on any atom is 0.00818 e. The van der Waals surface area contributed by atoms with Crippen molar-refractivity contribution < 1.29 is 0 Å². The Labute approximate surface area is 102 Å². The molecule has 1 heterocycles. The number of likely N-dealkylation sites (tertiary alicyclic amines) is 1. The fourth-order valence-corrected chi connectivity index (χ4v) is 2.88. The number of hydrogen-bond acceptors (Lipinski definition) is 2. The number of hydrogen-bond donors (Lipinski definition) is 1. The number of rotatable bonds is 6. The maximum atomic E-state index is 3.83. The van der Waals surface area contributed by atoms with Crippen LogP contribution in [-0.4, -0.2) is 37.1 Å². The lowest BCUT2D eigenvalue weighted by molar-refractivity contribution is 0.171. The van der Waals surface area contributed by atoms with Gasteiger partial charge in [-0.15, -0.1) is 0 Å². The van der Waals surface area contributed by atoms with E-state index in [0.717, 1.165) is 12.0 Å². The first kappa shape index (κ1) is 14.0. The summed E-state index contributed by atoms with van der Waals surface area (Å²) in [5.74, 6) is 0.852. The van der Waals surface area contributed by atoms with E-state index in [0.29, 0.717) is 6.04 Å². The molecule has 1 fully saturated rings. The number of piperidine rings is 1. The molecule has 96 valence electrons. The third-order valence-corrected chi connectivity index (χ3v) is 4.00. The van der Waals surface area contributed by atoms with Gasteiger partial charge in [-0.3, -0.25) is 0 Å². The molecule has 0 spiro atoms. The van der Waals surface area contributed by atoms with Gasteiger partial charge in [0.1, 0.15) is 0 Å². The SMILES string of the molecule is CCCC(CC)NC(C)C1CCCN(C)C1. The smallest absolute Gasteiger partial charge is 0.00818 e. The van der Waals surface area contributed by atoms with Crippen molar-refractivity contribution in [2.24, 2.45) is 5.92 Å². The van der Waals surface area contributed by atoms with Gasteiger partial charge in [0.25, 0.3) is 0 Å². The van der Waals surface area contributed by atoms with E-state index < -0.39 is 0 Å². The zero-order chi connectivity index (χ0) is 12.0. The normalized spacial score (nSPS) is 26.6. The molecular weight excluding hydrogens is 196 g/mol. The van der Waals surface area contributed by atoms with Crippen LogP contribution >= 0.6 is 0 Å². The molecule has 2 nitrogen and oxygen atoms in total. The molecule has 0 saturated carbocycles. The van der Waals surface area contributed by atoms with Crippen LogP contribution in [0.3, 0.4) is 0 Å². The molecule has 0 aromatic carbocycles. The van der Waals surface area contributed by atoms with Gasteiger partial charge >= 0.3 is 0 Å². The van der Waals surface area contributed by atoms with Crippen molar-refractivity contribution in [2.75, 3.05) is 20.1 Å². The molecule has 3 unspecified atom stereocenters. The second-order valence-electron chi connectivity index (χ2n) is 5.51. The lowest BCUT2D eigenvalue weighted by Crippen LogP contribution is -2.46. The highest BCUT2D eigenvalue weighted by atomic mass is 15.1. The van der Waals surface area contributed by atoms with E-state index in [9.17, 15) is 0 Å². The van der Waals surface area contributed by atoms with E-state index in [1.54, 1.807) is 0 Å². The van der Waals surface area contributed by atoms with Gasteiger partial charge in [-0.05, 0) is 52.1 Å². The van der Waals surface area contributed by atoms with E-state index in [2.05, 4.69) is 38.0 Å². The van der Waals surface area contributed by atoms with E-state index in [-0.39, 0.29) is 0 Å². The fraction of sp³-hybridized carbons (Fsp3) is 1.00. The molecule has 3 atom stereocenters. The van der Waals surface area contributed by atoms with Crippen LogP contribution in [0.1, 0.15) is 52.9 Å². The monoisotopic (exact) mass is 226 g/mol. The molecule has 1 N–H and O–H groups in total. The Kier molecular flexibility index (Phi) is 6.37. The predicted octanol–water partition coefficient (Wildman–Crippen LogP) is 2.89. The molecule has 0 aromatic rings. The van der Waals surface area contributed by atoms with E-state index in [1.807, 2.05) is 0 Å². The highest BCUT2D eigenvalue weighted by molar-refractivity contribution is 4.81. The molecule has 0 amide bonds. The van der Waals surface area contributed by atoms with Crippen molar-refractivity contribution in [3.8, 4) is 0 Å². The van der Waals surface area contributed by atoms with Crippen molar-refractivity contribution in [3.63, 3.8) is 0 Å². The maximum absolute atomic E-state index is 3.83. The molecule has 0 radical (unpaired) electrons. The van der Waals surface area contributed by atoms with Gasteiger partial charge in [0.05, 0.1) is 0 Å². The van der Waals surface area contributed by atoms with Crippen molar-refractivity contribution >= 4 is 0 Å². The predicted molar refractivity (Wildman–Crippen MR) is 71.8 cm³/mol. The molecule has 0 aliphatic carbocycles. The summed E-state index contributed by atoms with van der Waals surface area (Å²) in [5.41, 5.74) is 0. The van der Waals surface area contributed by atoms with Crippen LogP contribution in [0.2, 0.25) is 0 Å². The van der Waals surface area contributed by atoms with Gasteiger partial charge in [0.2, 0.25) is 0 Å². The van der Waals surface area contributed by atoms with E-state index in [1.165, 1.54) is 45.2 Å². The molecule has 1 aliphatic rings. The quantitative estimate of drug-likeness (QED) is 0.749. The zero-order valence-corrected chi connectivity index (χ0v) is 11.6. The van der Waals surface area contributed by atoms with Crippen LogP contribution in [0.4, 0.5) is 0 Å². The topological polar surface area (TPSA) is 15.3 Å². The minimum absolute atomic E-state index is 0.680. The van der Waals surface area contributed by atoms with Gasteiger partial charge in [0.15, 0.2) is 0 Å². The highest BCUT2D eigenvalue weighted by Gasteiger charge is 2.23. The minimum Gasteiger partial charge on any atom is -0.311 e. The Morgan fingerprint density at radius 3 is 2.69 bits per heavy atom. The van der Waals surface area contributed by atoms with Crippen molar-refractivity contribution in [1.29, 1.82) is 0 Å². The van der Waals surface area contributed by atoms with Crippen molar-refractivity contribution in [2.45, 2.75) is 65.0 Å². The summed E-state index contributed by atoms with van der Waals surface area (Å²) >= 11 is 0. The second kappa shape index (κ2) is 7.29.